The van der Waals surface area contributed by atoms with Gasteiger partial charge in [-0.3, -0.25) is 19.8 Å². The first-order valence-electron chi connectivity index (χ1n) is 6.09. The number of carbonyl (C=O) groups excluding carboxylic acids is 1. The summed E-state index contributed by atoms with van der Waals surface area (Å²) in [7, 11) is 0. The Labute approximate surface area is 107 Å². The number of nitrogens with zero attached hydrogens (tertiary/aromatic N) is 1. The van der Waals surface area contributed by atoms with Gasteiger partial charge in [0.1, 0.15) is 6.04 Å². The Hall–Kier alpha value is -1.40. The molecule has 1 aliphatic heterocycles. The molecule has 1 amide bonds. The van der Waals surface area contributed by atoms with Crippen LogP contribution in [0, 0.1) is 5.92 Å². The van der Waals surface area contributed by atoms with Crippen molar-refractivity contribution in [3.05, 3.63) is 12.7 Å². The third-order valence-electron chi connectivity index (χ3n) is 3.09. The van der Waals surface area contributed by atoms with E-state index in [4.69, 9.17) is 5.11 Å². The van der Waals surface area contributed by atoms with Crippen molar-refractivity contribution in [1.82, 2.24) is 15.5 Å². The van der Waals surface area contributed by atoms with E-state index in [0.29, 0.717) is 26.2 Å². The summed E-state index contributed by atoms with van der Waals surface area (Å²) in [6.07, 6.45) is 2.45. The molecule has 18 heavy (non-hydrogen) atoms. The van der Waals surface area contributed by atoms with Gasteiger partial charge in [-0.2, -0.15) is 0 Å². The first-order chi connectivity index (χ1) is 8.54. The first kappa shape index (κ1) is 14.7. The summed E-state index contributed by atoms with van der Waals surface area (Å²) >= 11 is 0. The van der Waals surface area contributed by atoms with E-state index in [2.05, 4.69) is 17.2 Å². The van der Waals surface area contributed by atoms with Crippen LogP contribution in [-0.2, 0) is 9.59 Å². The SMILES string of the molecule is C=C[C@@H]1C[C@H](C(=O)O)N(CCNCNC(C)=O)C1. The van der Waals surface area contributed by atoms with E-state index in [9.17, 15) is 9.59 Å². The number of aliphatic carboxylic acids is 1. The molecule has 0 aromatic carbocycles. The third-order valence-corrected chi connectivity index (χ3v) is 3.09. The maximum atomic E-state index is 11.1. The number of hydrogen-bond donors (Lipinski definition) is 3. The summed E-state index contributed by atoms with van der Waals surface area (Å²) in [5, 5.41) is 14.8. The predicted octanol–water partition coefficient (Wildman–Crippen LogP) is -0.369. The summed E-state index contributed by atoms with van der Waals surface area (Å²) in [5.74, 6) is -0.610. The Balaban J connectivity index is 2.29. The zero-order chi connectivity index (χ0) is 13.5. The van der Waals surface area contributed by atoms with E-state index < -0.39 is 12.0 Å². The van der Waals surface area contributed by atoms with Crippen molar-refractivity contribution in [2.24, 2.45) is 5.92 Å². The van der Waals surface area contributed by atoms with Crippen LogP contribution >= 0.6 is 0 Å². The quantitative estimate of drug-likeness (QED) is 0.328. The second-order valence-electron chi connectivity index (χ2n) is 4.49. The number of rotatable bonds is 7. The molecule has 2 atom stereocenters. The molecule has 3 N–H and O–H groups in total. The zero-order valence-electron chi connectivity index (χ0n) is 10.7. The van der Waals surface area contributed by atoms with Crippen molar-refractivity contribution in [2.45, 2.75) is 19.4 Å². The number of amides is 1. The molecule has 1 fully saturated rings. The molecule has 0 bridgehead atoms. The minimum absolute atomic E-state index is 0.0844. The van der Waals surface area contributed by atoms with Crippen LogP contribution in [0.2, 0.25) is 0 Å². The minimum atomic E-state index is -0.777. The average Bonchev–Trinajstić information content (AvgIpc) is 2.71. The number of nitrogens with one attached hydrogen (secondary N) is 2. The normalized spacial score (nSPS) is 23.8. The van der Waals surface area contributed by atoms with Gasteiger partial charge in [0.2, 0.25) is 5.91 Å². The molecule has 102 valence electrons. The summed E-state index contributed by atoms with van der Waals surface area (Å²) < 4.78 is 0. The molecule has 0 aromatic rings. The number of carboxylic acids is 1. The highest BCUT2D eigenvalue weighted by Crippen LogP contribution is 2.23. The van der Waals surface area contributed by atoms with Gasteiger partial charge in [-0.1, -0.05) is 6.08 Å². The minimum Gasteiger partial charge on any atom is -0.480 e. The van der Waals surface area contributed by atoms with Gasteiger partial charge in [0.25, 0.3) is 0 Å². The van der Waals surface area contributed by atoms with Crippen LogP contribution in [0.15, 0.2) is 12.7 Å². The largest absolute Gasteiger partial charge is 0.480 e. The molecule has 0 saturated carbocycles. The van der Waals surface area contributed by atoms with Crippen molar-refractivity contribution in [1.29, 1.82) is 0 Å². The highest BCUT2D eigenvalue weighted by atomic mass is 16.4. The fraction of sp³-hybridized carbons (Fsp3) is 0.667. The van der Waals surface area contributed by atoms with Crippen LogP contribution in [0.5, 0.6) is 0 Å². The molecule has 1 rings (SSSR count). The zero-order valence-corrected chi connectivity index (χ0v) is 10.7. The molecular formula is C12H21N3O3. The third kappa shape index (κ3) is 4.46. The molecule has 0 radical (unpaired) electrons. The number of carbonyl (C=O) groups is 2. The summed E-state index contributed by atoms with van der Waals surface area (Å²) in [4.78, 5) is 23.7. The highest BCUT2D eigenvalue weighted by molar-refractivity contribution is 5.74. The number of carboxylic acid groups (broad SMARTS) is 1. The van der Waals surface area contributed by atoms with Crippen molar-refractivity contribution in [3.63, 3.8) is 0 Å². The Morgan fingerprint density at radius 3 is 2.83 bits per heavy atom. The van der Waals surface area contributed by atoms with Gasteiger partial charge in [0, 0.05) is 26.6 Å². The van der Waals surface area contributed by atoms with Gasteiger partial charge in [0.05, 0.1) is 6.67 Å². The summed E-state index contributed by atoms with van der Waals surface area (Å²) in [6.45, 7) is 7.62. The van der Waals surface area contributed by atoms with E-state index in [1.54, 1.807) is 0 Å². The van der Waals surface area contributed by atoms with Gasteiger partial charge >= 0.3 is 5.97 Å². The number of hydrogen-bond acceptors (Lipinski definition) is 4. The van der Waals surface area contributed by atoms with Gasteiger partial charge in [-0.05, 0) is 12.3 Å². The van der Waals surface area contributed by atoms with Gasteiger partial charge in [-0.25, -0.2) is 0 Å². The lowest BCUT2D eigenvalue weighted by Gasteiger charge is -2.21. The molecule has 6 nitrogen and oxygen atoms in total. The van der Waals surface area contributed by atoms with E-state index in [1.165, 1.54) is 6.92 Å². The van der Waals surface area contributed by atoms with Gasteiger partial charge in [0.15, 0.2) is 0 Å². The van der Waals surface area contributed by atoms with Crippen molar-refractivity contribution < 1.29 is 14.7 Å². The van der Waals surface area contributed by atoms with E-state index >= 15 is 0 Å². The second kappa shape index (κ2) is 7.13. The Morgan fingerprint density at radius 2 is 2.28 bits per heavy atom. The van der Waals surface area contributed by atoms with Crippen LogP contribution < -0.4 is 10.6 Å². The second-order valence-corrected chi connectivity index (χ2v) is 4.49. The fourth-order valence-electron chi connectivity index (χ4n) is 2.11. The molecule has 0 aromatic heterocycles. The molecular weight excluding hydrogens is 234 g/mol. The van der Waals surface area contributed by atoms with Crippen molar-refractivity contribution in [2.75, 3.05) is 26.3 Å². The summed E-state index contributed by atoms with van der Waals surface area (Å²) in [6, 6.07) is -0.421. The molecule has 1 heterocycles. The smallest absolute Gasteiger partial charge is 0.320 e. The van der Waals surface area contributed by atoms with Crippen LogP contribution in [0.4, 0.5) is 0 Å². The van der Waals surface area contributed by atoms with E-state index in [-0.39, 0.29) is 11.8 Å². The topological polar surface area (TPSA) is 81.7 Å². The van der Waals surface area contributed by atoms with E-state index in [1.807, 2.05) is 11.0 Å². The van der Waals surface area contributed by atoms with Gasteiger partial charge in [-0.15, -0.1) is 6.58 Å². The Bertz CT molecular complexity index is 320. The molecule has 0 spiro atoms. The Morgan fingerprint density at radius 1 is 1.56 bits per heavy atom. The maximum absolute atomic E-state index is 11.1. The number of likely N-dealkylation sites (tertiary alicyclic amines) is 1. The lowest BCUT2D eigenvalue weighted by molar-refractivity contribution is -0.142. The molecule has 0 aliphatic carbocycles. The van der Waals surface area contributed by atoms with Gasteiger partial charge < -0.3 is 10.4 Å². The molecule has 1 saturated heterocycles. The Kier molecular flexibility index (Phi) is 5.80. The van der Waals surface area contributed by atoms with Crippen LogP contribution in [0.3, 0.4) is 0 Å². The average molecular weight is 255 g/mol. The lowest BCUT2D eigenvalue weighted by atomic mass is 10.1. The predicted molar refractivity (Wildman–Crippen MR) is 68.0 cm³/mol. The maximum Gasteiger partial charge on any atom is 0.320 e. The van der Waals surface area contributed by atoms with Crippen LogP contribution in [0.25, 0.3) is 0 Å². The van der Waals surface area contributed by atoms with E-state index in [0.717, 1.165) is 6.54 Å². The fourth-order valence-corrected chi connectivity index (χ4v) is 2.11. The van der Waals surface area contributed by atoms with Crippen LogP contribution in [-0.4, -0.2) is 54.2 Å². The molecule has 0 unspecified atom stereocenters. The molecule has 1 aliphatic rings. The molecule has 6 heteroatoms. The summed E-state index contributed by atoms with van der Waals surface area (Å²) in [5.41, 5.74) is 0. The standard InChI is InChI=1S/C12H21N3O3/c1-3-10-6-11(12(17)18)15(7-10)5-4-13-8-14-9(2)16/h3,10-11,13H,1,4-8H2,2H3,(H,14,16)(H,17,18)/t10-,11-/m1/s1. The van der Waals surface area contributed by atoms with Crippen LogP contribution in [0.1, 0.15) is 13.3 Å². The first-order valence-corrected chi connectivity index (χ1v) is 6.09. The monoisotopic (exact) mass is 255 g/mol. The van der Waals surface area contributed by atoms with Crippen molar-refractivity contribution in [3.8, 4) is 0 Å². The highest BCUT2D eigenvalue weighted by Gasteiger charge is 2.34. The van der Waals surface area contributed by atoms with Crippen molar-refractivity contribution >= 4 is 11.9 Å². The lowest BCUT2D eigenvalue weighted by Crippen LogP contribution is -2.42.